The minimum Gasteiger partial charge on any atom is -0.396 e. The van der Waals surface area contributed by atoms with E-state index in [2.05, 4.69) is 4.98 Å². The molecule has 1 unspecified atom stereocenters. The SMILES string of the molecule is O=C(c1cncc(-c2ccccc2)c1)N1CCCCC1CCO. The number of hydrogen-bond acceptors (Lipinski definition) is 3. The molecule has 1 amide bonds. The van der Waals surface area contributed by atoms with Gasteiger partial charge in [-0.2, -0.15) is 0 Å². The first-order valence-corrected chi connectivity index (χ1v) is 8.22. The molecule has 4 heteroatoms. The largest absolute Gasteiger partial charge is 0.396 e. The van der Waals surface area contributed by atoms with Crippen molar-refractivity contribution in [3.63, 3.8) is 0 Å². The Morgan fingerprint density at radius 3 is 2.78 bits per heavy atom. The summed E-state index contributed by atoms with van der Waals surface area (Å²) in [5, 5.41) is 9.23. The van der Waals surface area contributed by atoms with Crippen LogP contribution >= 0.6 is 0 Å². The molecule has 1 fully saturated rings. The van der Waals surface area contributed by atoms with Crippen LogP contribution in [-0.4, -0.2) is 40.1 Å². The summed E-state index contributed by atoms with van der Waals surface area (Å²) in [6.07, 6.45) is 7.19. The summed E-state index contributed by atoms with van der Waals surface area (Å²) in [5.41, 5.74) is 2.63. The fourth-order valence-electron chi connectivity index (χ4n) is 3.23. The Morgan fingerprint density at radius 2 is 2.00 bits per heavy atom. The van der Waals surface area contributed by atoms with Gasteiger partial charge in [0.15, 0.2) is 0 Å². The maximum Gasteiger partial charge on any atom is 0.255 e. The summed E-state index contributed by atoms with van der Waals surface area (Å²) in [4.78, 5) is 19.0. The zero-order chi connectivity index (χ0) is 16.1. The lowest BCUT2D eigenvalue weighted by molar-refractivity contribution is 0.0574. The number of amides is 1. The predicted molar refractivity (Wildman–Crippen MR) is 90.1 cm³/mol. The number of rotatable bonds is 4. The van der Waals surface area contributed by atoms with Crippen molar-refractivity contribution in [3.05, 3.63) is 54.4 Å². The van der Waals surface area contributed by atoms with E-state index in [-0.39, 0.29) is 18.6 Å². The lowest BCUT2D eigenvalue weighted by atomic mass is 9.98. The van der Waals surface area contributed by atoms with Crippen molar-refractivity contribution in [2.45, 2.75) is 31.7 Å². The summed E-state index contributed by atoms with van der Waals surface area (Å²) in [6, 6.07) is 12.0. The van der Waals surface area contributed by atoms with Gasteiger partial charge >= 0.3 is 0 Å². The molecule has 1 aliphatic heterocycles. The molecule has 0 radical (unpaired) electrons. The van der Waals surface area contributed by atoms with Gasteiger partial charge in [0, 0.05) is 37.2 Å². The van der Waals surface area contributed by atoms with Gasteiger partial charge in [-0.1, -0.05) is 30.3 Å². The van der Waals surface area contributed by atoms with Gasteiger partial charge < -0.3 is 10.0 Å². The molecule has 2 aromatic rings. The van der Waals surface area contributed by atoms with Crippen LogP contribution in [0.15, 0.2) is 48.8 Å². The van der Waals surface area contributed by atoms with Gasteiger partial charge in [0.1, 0.15) is 0 Å². The number of aromatic nitrogens is 1. The minimum atomic E-state index is 0.0217. The predicted octanol–water partition coefficient (Wildman–Crippen LogP) is 3.13. The summed E-state index contributed by atoms with van der Waals surface area (Å²) < 4.78 is 0. The van der Waals surface area contributed by atoms with Gasteiger partial charge in [0.05, 0.1) is 5.56 Å². The fraction of sp³-hybridized carbons (Fsp3) is 0.368. The Morgan fingerprint density at radius 1 is 1.17 bits per heavy atom. The molecule has 0 saturated carbocycles. The molecule has 120 valence electrons. The first-order chi connectivity index (χ1) is 11.3. The average Bonchev–Trinajstić information content (AvgIpc) is 2.63. The van der Waals surface area contributed by atoms with Crippen LogP contribution in [0, 0.1) is 0 Å². The van der Waals surface area contributed by atoms with E-state index in [4.69, 9.17) is 0 Å². The van der Waals surface area contributed by atoms with E-state index in [1.807, 2.05) is 41.3 Å². The number of carbonyl (C=O) groups is 1. The zero-order valence-corrected chi connectivity index (χ0v) is 13.2. The number of nitrogens with zero attached hydrogens (tertiary/aromatic N) is 2. The van der Waals surface area contributed by atoms with Gasteiger partial charge in [-0.05, 0) is 37.3 Å². The first-order valence-electron chi connectivity index (χ1n) is 8.22. The smallest absolute Gasteiger partial charge is 0.255 e. The Kier molecular flexibility index (Phi) is 5.03. The van der Waals surface area contributed by atoms with E-state index in [1.54, 1.807) is 12.4 Å². The highest BCUT2D eigenvalue weighted by Crippen LogP contribution is 2.24. The molecule has 1 atom stereocenters. The number of aliphatic hydroxyl groups is 1. The maximum absolute atomic E-state index is 12.9. The van der Waals surface area contributed by atoms with E-state index >= 15 is 0 Å². The first kappa shape index (κ1) is 15.7. The minimum absolute atomic E-state index is 0.0217. The van der Waals surface area contributed by atoms with Crippen molar-refractivity contribution >= 4 is 5.91 Å². The Hall–Kier alpha value is -2.20. The van der Waals surface area contributed by atoms with Crippen LogP contribution in [0.5, 0.6) is 0 Å². The second-order valence-corrected chi connectivity index (χ2v) is 5.99. The summed E-state index contributed by atoms with van der Waals surface area (Å²) in [6.45, 7) is 0.885. The van der Waals surface area contributed by atoms with Crippen LogP contribution in [0.2, 0.25) is 0 Å². The second-order valence-electron chi connectivity index (χ2n) is 5.99. The highest BCUT2D eigenvalue weighted by molar-refractivity contribution is 5.95. The van der Waals surface area contributed by atoms with Crippen LogP contribution in [-0.2, 0) is 0 Å². The normalized spacial score (nSPS) is 18.0. The Balaban J connectivity index is 1.84. The van der Waals surface area contributed by atoms with Gasteiger partial charge in [-0.25, -0.2) is 0 Å². The van der Waals surface area contributed by atoms with Gasteiger partial charge in [0.25, 0.3) is 5.91 Å². The number of benzene rings is 1. The number of pyridine rings is 1. The molecule has 2 heterocycles. The molecule has 0 aliphatic carbocycles. The van der Waals surface area contributed by atoms with E-state index < -0.39 is 0 Å². The van der Waals surface area contributed by atoms with Crippen molar-refractivity contribution in [2.24, 2.45) is 0 Å². The molecular weight excluding hydrogens is 288 g/mol. The highest BCUT2D eigenvalue weighted by Gasteiger charge is 2.27. The Bertz CT molecular complexity index is 655. The van der Waals surface area contributed by atoms with Gasteiger partial charge in [0.2, 0.25) is 0 Å². The third-order valence-corrected chi connectivity index (χ3v) is 4.44. The van der Waals surface area contributed by atoms with E-state index in [1.165, 1.54) is 0 Å². The summed E-state index contributed by atoms with van der Waals surface area (Å²) >= 11 is 0. The molecule has 1 saturated heterocycles. The summed E-state index contributed by atoms with van der Waals surface area (Å²) in [5.74, 6) is 0.0217. The van der Waals surface area contributed by atoms with Crippen LogP contribution in [0.1, 0.15) is 36.0 Å². The quantitative estimate of drug-likeness (QED) is 0.944. The highest BCUT2D eigenvalue weighted by atomic mass is 16.3. The molecular formula is C19H22N2O2. The summed E-state index contributed by atoms with van der Waals surface area (Å²) in [7, 11) is 0. The topological polar surface area (TPSA) is 53.4 Å². The standard InChI is InChI=1S/C19H22N2O2/c22-11-9-18-8-4-5-10-21(18)19(23)17-12-16(13-20-14-17)15-6-2-1-3-7-15/h1-3,6-7,12-14,18,22H,4-5,8-11H2. The number of likely N-dealkylation sites (tertiary alicyclic amines) is 1. The maximum atomic E-state index is 12.9. The lowest BCUT2D eigenvalue weighted by Gasteiger charge is -2.35. The molecule has 1 aromatic carbocycles. The van der Waals surface area contributed by atoms with Gasteiger partial charge in [-0.15, -0.1) is 0 Å². The molecule has 23 heavy (non-hydrogen) atoms. The fourth-order valence-corrected chi connectivity index (χ4v) is 3.23. The third kappa shape index (κ3) is 3.59. The van der Waals surface area contributed by atoms with Crippen molar-refractivity contribution in [3.8, 4) is 11.1 Å². The molecule has 1 aliphatic rings. The molecule has 0 spiro atoms. The zero-order valence-electron chi connectivity index (χ0n) is 13.2. The number of piperidine rings is 1. The molecule has 0 bridgehead atoms. The van der Waals surface area contributed by atoms with Crippen LogP contribution in [0.25, 0.3) is 11.1 Å². The molecule has 1 aromatic heterocycles. The van der Waals surface area contributed by atoms with Crippen molar-refractivity contribution in [1.29, 1.82) is 0 Å². The second kappa shape index (κ2) is 7.38. The van der Waals surface area contributed by atoms with Crippen molar-refractivity contribution in [2.75, 3.05) is 13.2 Å². The van der Waals surface area contributed by atoms with Crippen LogP contribution in [0.4, 0.5) is 0 Å². The Labute approximate surface area is 136 Å². The van der Waals surface area contributed by atoms with E-state index in [9.17, 15) is 9.90 Å². The number of aliphatic hydroxyl groups excluding tert-OH is 1. The molecule has 1 N–H and O–H groups in total. The van der Waals surface area contributed by atoms with Crippen molar-refractivity contribution < 1.29 is 9.90 Å². The average molecular weight is 310 g/mol. The molecule has 4 nitrogen and oxygen atoms in total. The van der Waals surface area contributed by atoms with Crippen molar-refractivity contribution in [1.82, 2.24) is 9.88 Å². The van der Waals surface area contributed by atoms with Crippen LogP contribution < -0.4 is 0 Å². The third-order valence-electron chi connectivity index (χ3n) is 4.44. The van der Waals surface area contributed by atoms with E-state index in [0.717, 1.165) is 36.9 Å². The molecule has 3 rings (SSSR count). The number of carbonyl (C=O) groups excluding carboxylic acids is 1. The lowest BCUT2D eigenvalue weighted by Crippen LogP contribution is -2.44. The number of hydrogen-bond donors (Lipinski definition) is 1. The monoisotopic (exact) mass is 310 g/mol. The van der Waals surface area contributed by atoms with E-state index in [0.29, 0.717) is 12.0 Å². The van der Waals surface area contributed by atoms with Crippen LogP contribution in [0.3, 0.4) is 0 Å². The van der Waals surface area contributed by atoms with Gasteiger partial charge in [-0.3, -0.25) is 9.78 Å².